The first-order chi connectivity index (χ1) is 8.66. The van der Waals surface area contributed by atoms with E-state index in [-0.39, 0.29) is 17.9 Å². The SMILES string of the molecule is CC(C)C(=O)N(Cc1ccsc1)C[C@H]1CCCO1. The fourth-order valence-corrected chi connectivity index (χ4v) is 2.89. The van der Waals surface area contributed by atoms with Crippen LogP contribution in [0.5, 0.6) is 0 Å². The Morgan fingerprint density at radius 1 is 1.61 bits per heavy atom. The lowest BCUT2D eigenvalue weighted by Gasteiger charge is -2.26. The van der Waals surface area contributed by atoms with Crippen molar-refractivity contribution in [2.75, 3.05) is 13.2 Å². The average Bonchev–Trinajstić information content (AvgIpc) is 2.99. The first-order valence-electron chi connectivity index (χ1n) is 6.58. The van der Waals surface area contributed by atoms with Gasteiger partial charge in [0.05, 0.1) is 6.10 Å². The molecule has 1 atom stereocenters. The van der Waals surface area contributed by atoms with Crippen molar-refractivity contribution >= 4 is 17.2 Å². The van der Waals surface area contributed by atoms with Gasteiger partial charge in [-0.1, -0.05) is 13.8 Å². The summed E-state index contributed by atoms with van der Waals surface area (Å²) in [5, 5.41) is 4.16. The Balaban J connectivity index is 1.99. The van der Waals surface area contributed by atoms with Gasteiger partial charge in [0.15, 0.2) is 0 Å². The summed E-state index contributed by atoms with van der Waals surface area (Å²) in [6.07, 6.45) is 2.42. The Morgan fingerprint density at radius 2 is 2.44 bits per heavy atom. The normalized spacial score (nSPS) is 19.4. The maximum absolute atomic E-state index is 12.2. The topological polar surface area (TPSA) is 29.5 Å². The average molecular weight is 267 g/mol. The van der Waals surface area contributed by atoms with Gasteiger partial charge in [0.2, 0.25) is 5.91 Å². The van der Waals surface area contributed by atoms with Crippen molar-refractivity contribution in [3.05, 3.63) is 22.4 Å². The standard InChI is InChI=1S/C14H21NO2S/c1-11(2)14(16)15(8-12-5-7-18-10-12)9-13-4-3-6-17-13/h5,7,10-11,13H,3-4,6,8-9H2,1-2H3/t13-/m1/s1. The van der Waals surface area contributed by atoms with Crippen LogP contribution in [0.3, 0.4) is 0 Å². The van der Waals surface area contributed by atoms with Crippen molar-refractivity contribution in [1.82, 2.24) is 4.90 Å². The molecule has 2 rings (SSSR count). The molecule has 3 nitrogen and oxygen atoms in total. The van der Waals surface area contributed by atoms with E-state index >= 15 is 0 Å². The molecule has 0 aliphatic carbocycles. The Kier molecular flexibility index (Phi) is 4.78. The van der Waals surface area contributed by atoms with Crippen LogP contribution in [0.2, 0.25) is 0 Å². The van der Waals surface area contributed by atoms with E-state index in [0.29, 0.717) is 6.54 Å². The Morgan fingerprint density at radius 3 is 3.00 bits per heavy atom. The second kappa shape index (κ2) is 6.34. The van der Waals surface area contributed by atoms with Gasteiger partial charge in [-0.2, -0.15) is 11.3 Å². The van der Waals surface area contributed by atoms with Crippen molar-refractivity contribution in [1.29, 1.82) is 0 Å². The summed E-state index contributed by atoms with van der Waals surface area (Å²) < 4.78 is 5.64. The van der Waals surface area contributed by atoms with E-state index < -0.39 is 0 Å². The van der Waals surface area contributed by atoms with Crippen molar-refractivity contribution in [2.45, 2.75) is 39.3 Å². The summed E-state index contributed by atoms with van der Waals surface area (Å²) >= 11 is 1.68. The van der Waals surface area contributed by atoms with Gasteiger partial charge in [0.1, 0.15) is 0 Å². The van der Waals surface area contributed by atoms with E-state index in [1.807, 2.05) is 18.7 Å². The summed E-state index contributed by atoms with van der Waals surface area (Å²) in [5.41, 5.74) is 1.21. The zero-order chi connectivity index (χ0) is 13.0. The van der Waals surface area contributed by atoms with Gasteiger partial charge in [0, 0.05) is 25.6 Å². The summed E-state index contributed by atoms with van der Waals surface area (Å²) in [4.78, 5) is 14.2. The monoisotopic (exact) mass is 267 g/mol. The number of carbonyl (C=O) groups is 1. The van der Waals surface area contributed by atoms with E-state index in [0.717, 1.165) is 26.0 Å². The highest BCUT2D eigenvalue weighted by atomic mass is 32.1. The molecule has 2 heterocycles. The minimum atomic E-state index is 0.0463. The highest BCUT2D eigenvalue weighted by molar-refractivity contribution is 7.07. The van der Waals surface area contributed by atoms with Gasteiger partial charge in [-0.05, 0) is 35.2 Å². The minimum absolute atomic E-state index is 0.0463. The molecular weight excluding hydrogens is 246 g/mol. The van der Waals surface area contributed by atoms with Crippen LogP contribution in [-0.2, 0) is 16.1 Å². The molecule has 18 heavy (non-hydrogen) atoms. The third-order valence-electron chi connectivity index (χ3n) is 3.21. The number of carbonyl (C=O) groups excluding carboxylic acids is 1. The van der Waals surface area contributed by atoms with Crippen LogP contribution in [0.25, 0.3) is 0 Å². The van der Waals surface area contributed by atoms with E-state index in [1.54, 1.807) is 11.3 Å². The lowest BCUT2D eigenvalue weighted by atomic mass is 10.1. The molecule has 1 saturated heterocycles. The van der Waals surface area contributed by atoms with E-state index in [9.17, 15) is 4.79 Å². The molecule has 0 aromatic carbocycles. The maximum atomic E-state index is 12.2. The molecule has 1 aliphatic rings. The number of nitrogens with zero attached hydrogens (tertiary/aromatic N) is 1. The molecule has 1 aromatic rings. The molecule has 0 spiro atoms. The van der Waals surface area contributed by atoms with Crippen LogP contribution in [0.15, 0.2) is 16.8 Å². The van der Waals surface area contributed by atoms with Gasteiger partial charge in [-0.25, -0.2) is 0 Å². The van der Waals surface area contributed by atoms with Gasteiger partial charge in [-0.3, -0.25) is 4.79 Å². The lowest BCUT2D eigenvalue weighted by Crippen LogP contribution is -2.39. The molecule has 0 radical (unpaired) electrons. The molecular formula is C14H21NO2S. The number of hydrogen-bond acceptors (Lipinski definition) is 3. The van der Waals surface area contributed by atoms with Crippen LogP contribution >= 0.6 is 11.3 Å². The summed E-state index contributed by atoms with van der Waals surface area (Å²) in [7, 11) is 0. The highest BCUT2D eigenvalue weighted by Gasteiger charge is 2.24. The fraction of sp³-hybridized carbons (Fsp3) is 0.643. The number of thiophene rings is 1. The quantitative estimate of drug-likeness (QED) is 0.821. The predicted molar refractivity (Wildman–Crippen MR) is 73.5 cm³/mol. The summed E-state index contributed by atoms with van der Waals surface area (Å²) in [5.74, 6) is 0.265. The van der Waals surface area contributed by atoms with Crippen LogP contribution in [0.1, 0.15) is 32.3 Å². The van der Waals surface area contributed by atoms with Crippen LogP contribution in [0, 0.1) is 5.92 Å². The highest BCUT2D eigenvalue weighted by Crippen LogP contribution is 2.17. The van der Waals surface area contributed by atoms with Crippen molar-refractivity contribution in [3.8, 4) is 0 Å². The third kappa shape index (κ3) is 3.56. The smallest absolute Gasteiger partial charge is 0.225 e. The summed E-state index contributed by atoms with van der Waals surface area (Å²) in [6, 6.07) is 2.08. The summed E-state index contributed by atoms with van der Waals surface area (Å²) in [6.45, 7) is 6.19. The molecule has 0 saturated carbocycles. The van der Waals surface area contributed by atoms with E-state index in [4.69, 9.17) is 4.74 Å². The van der Waals surface area contributed by atoms with Crippen LogP contribution < -0.4 is 0 Å². The lowest BCUT2D eigenvalue weighted by molar-refractivity contribution is -0.136. The largest absolute Gasteiger partial charge is 0.376 e. The fourth-order valence-electron chi connectivity index (χ4n) is 2.23. The molecule has 100 valence electrons. The number of ether oxygens (including phenoxy) is 1. The van der Waals surface area contributed by atoms with Crippen molar-refractivity contribution in [3.63, 3.8) is 0 Å². The Labute approximate surface area is 113 Å². The number of rotatable bonds is 5. The van der Waals surface area contributed by atoms with Crippen molar-refractivity contribution < 1.29 is 9.53 Å². The molecule has 1 aliphatic heterocycles. The first-order valence-corrected chi connectivity index (χ1v) is 7.52. The molecule has 1 aromatic heterocycles. The Hall–Kier alpha value is -0.870. The van der Waals surface area contributed by atoms with E-state index in [1.165, 1.54) is 5.56 Å². The molecule has 0 bridgehead atoms. The zero-order valence-electron chi connectivity index (χ0n) is 11.1. The maximum Gasteiger partial charge on any atom is 0.225 e. The van der Waals surface area contributed by atoms with Gasteiger partial charge >= 0.3 is 0 Å². The molecule has 1 fully saturated rings. The van der Waals surface area contributed by atoms with Gasteiger partial charge in [0.25, 0.3) is 0 Å². The first kappa shape index (κ1) is 13.6. The number of hydrogen-bond donors (Lipinski definition) is 0. The number of amides is 1. The second-order valence-electron chi connectivity index (χ2n) is 5.14. The minimum Gasteiger partial charge on any atom is -0.376 e. The third-order valence-corrected chi connectivity index (χ3v) is 3.94. The van der Waals surface area contributed by atoms with Gasteiger partial charge < -0.3 is 9.64 Å². The second-order valence-corrected chi connectivity index (χ2v) is 5.92. The van der Waals surface area contributed by atoms with Gasteiger partial charge in [-0.15, -0.1) is 0 Å². The molecule has 4 heteroatoms. The molecule has 0 unspecified atom stereocenters. The van der Waals surface area contributed by atoms with Crippen LogP contribution in [-0.4, -0.2) is 30.1 Å². The molecule has 1 amide bonds. The van der Waals surface area contributed by atoms with Crippen molar-refractivity contribution in [2.24, 2.45) is 5.92 Å². The predicted octanol–water partition coefficient (Wildman–Crippen LogP) is 2.91. The molecule has 0 N–H and O–H groups in total. The van der Waals surface area contributed by atoms with E-state index in [2.05, 4.69) is 16.8 Å². The zero-order valence-corrected chi connectivity index (χ0v) is 11.9. The van der Waals surface area contributed by atoms with Crippen LogP contribution in [0.4, 0.5) is 0 Å². The Bertz CT molecular complexity index is 369.